The molecule has 3 rings (SSSR count). The monoisotopic (exact) mass is 282 g/mol. The quantitative estimate of drug-likeness (QED) is 0.731. The number of hydrogen-bond acceptors (Lipinski definition) is 4. The fourth-order valence-corrected chi connectivity index (χ4v) is 2.15. The fraction of sp³-hybridized carbons (Fsp3) is 0.250. The number of fused-ring (bicyclic) bond motifs is 1. The van der Waals surface area contributed by atoms with Crippen molar-refractivity contribution in [1.29, 1.82) is 0 Å². The molecule has 21 heavy (non-hydrogen) atoms. The molecule has 0 aliphatic carbocycles. The van der Waals surface area contributed by atoms with Crippen molar-refractivity contribution < 1.29 is 4.74 Å². The third-order valence-corrected chi connectivity index (χ3v) is 3.20. The van der Waals surface area contributed by atoms with Gasteiger partial charge >= 0.3 is 0 Å². The molecule has 0 amide bonds. The van der Waals surface area contributed by atoms with Gasteiger partial charge < -0.3 is 10.1 Å². The Morgan fingerprint density at radius 2 is 2.10 bits per heavy atom. The molecule has 0 aliphatic heterocycles. The summed E-state index contributed by atoms with van der Waals surface area (Å²) in [7, 11) is 0. The number of aryl methyl sites for hydroxylation is 2. The molecule has 0 unspecified atom stereocenters. The zero-order valence-electron chi connectivity index (χ0n) is 12.2. The van der Waals surface area contributed by atoms with E-state index in [-0.39, 0.29) is 0 Å². The molecule has 0 aliphatic rings. The van der Waals surface area contributed by atoms with Crippen LogP contribution in [-0.2, 0) is 0 Å². The van der Waals surface area contributed by atoms with Crippen LogP contribution in [0.1, 0.15) is 11.1 Å². The Bertz CT molecular complexity index is 751. The van der Waals surface area contributed by atoms with Gasteiger partial charge in [0.25, 0.3) is 0 Å². The molecular weight excluding hydrogens is 264 g/mol. The summed E-state index contributed by atoms with van der Waals surface area (Å²) in [4.78, 5) is 4.46. The predicted molar refractivity (Wildman–Crippen MR) is 82.9 cm³/mol. The summed E-state index contributed by atoms with van der Waals surface area (Å²) in [6.07, 6.45) is 1.89. The van der Waals surface area contributed by atoms with Crippen LogP contribution in [0.25, 0.3) is 5.65 Å². The van der Waals surface area contributed by atoms with Crippen LogP contribution in [0.15, 0.2) is 42.6 Å². The average molecular weight is 282 g/mol. The van der Waals surface area contributed by atoms with Crippen LogP contribution in [-0.4, -0.2) is 27.7 Å². The van der Waals surface area contributed by atoms with E-state index in [4.69, 9.17) is 4.74 Å². The largest absolute Gasteiger partial charge is 0.492 e. The molecule has 0 saturated heterocycles. The molecule has 0 spiro atoms. The maximum Gasteiger partial charge on any atom is 0.243 e. The van der Waals surface area contributed by atoms with E-state index in [1.165, 1.54) is 5.56 Å². The van der Waals surface area contributed by atoms with Gasteiger partial charge in [0, 0.05) is 6.20 Å². The van der Waals surface area contributed by atoms with Crippen molar-refractivity contribution in [2.45, 2.75) is 13.8 Å². The van der Waals surface area contributed by atoms with Crippen LogP contribution >= 0.6 is 0 Å². The fourth-order valence-electron chi connectivity index (χ4n) is 2.15. The summed E-state index contributed by atoms with van der Waals surface area (Å²) < 4.78 is 7.46. The van der Waals surface area contributed by atoms with Gasteiger partial charge in [-0.25, -0.2) is 4.52 Å². The molecule has 0 atom stereocenters. The number of anilines is 1. The number of benzene rings is 1. The zero-order chi connectivity index (χ0) is 14.7. The Balaban J connectivity index is 1.56. The molecule has 0 bridgehead atoms. The normalized spacial score (nSPS) is 10.8. The maximum atomic E-state index is 5.68. The highest BCUT2D eigenvalue weighted by atomic mass is 16.5. The summed E-state index contributed by atoms with van der Waals surface area (Å²) in [5.74, 6) is 1.51. The number of rotatable bonds is 5. The molecule has 5 heteroatoms. The average Bonchev–Trinajstić information content (AvgIpc) is 2.88. The highest BCUT2D eigenvalue weighted by molar-refractivity contribution is 5.49. The maximum absolute atomic E-state index is 5.68. The van der Waals surface area contributed by atoms with Crippen LogP contribution in [0.4, 0.5) is 5.95 Å². The predicted octanol–water partition coefficient (Wildman–Crippen LogP) is 2.84. The van der Waals surface area contributed by atoms with Gasteiger partial charge in [-0.2, -0.15) is 4.98 Å². The lowest BCUT2D eigenvalue weighted by molar-refractivity contribution is 0.332. The molecule has 108 valence electrons. The second kappa shape index (κ2) is 5.83. The zero-order valence-corrected chi connectivity index (χ0v) is 12.2. The minimum absolute atomic E-state index is 0.567. The number of hydrogen-bond donors (Lipinski definition) is 1. The minimum Gasteiger partial charge on any atom is -0.492 e. The van der Waals surface area contributed by atoms with E-state index in [0.717, 1.165) is 17.0 Å². The van der Waals surface area contributed by atoms with Crippen molar-refractivity contribution in [1.82, 2.24) is 14.6 Å². The smallest absolute Gasteiger partial charge is 0.243 e. The Kier molecular flexibility index (Phi) is 3.73. The first-order valence-electron chi connectivity index (χ1n) is 6.98. The summed E-state index contributed by atoms with van der Waals surface area (Å²) in [6, 6.07) is 12.0. The van der Waals surface area contributed by atoms with Crippen molar-refractivity contribution in [2.24, 2.45) is 0 Å². The molecule has 1 N–H and O–H groups in total. The third kappa shape index (κ3) is 3.13. The van der Waals surface area contributed by atoms with E-state index in [1.807, 2.05) is 56.4 Å². The van der Waals surface area contributed by atoms with Gasteiger partial charge in [-0.15, -0.1) is 5.10 Å². The van der Waals surface area contributed by atoms with Crippen molar-refractivity contribution in [2.75, 3.05) is 18.5 Å². The van der Waals surface area contributed by atoms with Gasteiger partial charge in [0.1, 0.15) is 12.4 Å². The van der Waals surface area contributed by atoms with Crippen molar-refractivity contribution in [3.8, 4) is 5.75 Å². The SMILES string of the molecule is Cc1cccc(OCCNc2nc3c(C)cccn3n2)c1. The topological polar surface area (TPSA) is 51.5 Å². The second-order valence-corrected chi connectivity index (χ2v) is 4.99. The van der Waals surface area contributed by atoms with Crippen LogP contribution in [0.2, 0.25) is 0 Å². The molecule has 5 nitrogen and oxygen atoms in total. The minimum atomic E-state index is 0.567. The molecule has 2 heterocycles. The Hall–Kier alpha value is -2.56. The van der Waals surface area contributed by atoms with Gasteiger partial charge in [-0.05, 0) is 43.2 Å². The lowest BCUT2D eigenvalue weighted by atomic mass is 10.2. The van der Waals surface area contributed by atoms with E-state index in [2.05, 4.69) is 15.4 Å². The highest BCUT2D eigenvalue weighted by Gasteiger charge is 2.04. The first kappa shape index (κ1) is 13.4. The van der Waals surface area contributed by atoms with Crippen LogP contribution in [0, 0.1) is 13.8 Å². The van der Waals surface area contributed by atoms with Crippen LogP contribution < -0.4 is 10.1 Å². The summed E-state index contributed by atoms with van der Waals surface area (Å²) in [5.41, 5.74) is 3.17. The number of nitrogens with zero attached hydrogens (tertiary/aromatic N) is 3. The lowest BCUT2D eigenvalue weighted by Gasteiger charge is -2.06. The molecule has 0 radical (unpaired) electrons. The number of aromatic nitrogens is 3. The van der Waals surface area contributed by atoms with Gasteiger partial charge in [0.2, 0.25) is 5.95 Å². The Morgan fingerprint density at radius 1 is 1.19 bits per heavy atom. The van der Waals surface area contributed by atoms with Crippen molar-refractivity contribution >= 4 is 11.6 Å². The molecular formula is C16H18N4O. The number of pyridine rings is 1. The molecule has 0 fully saturated rings. The van der Waals surface area contributed by atoms with Crippen molar-refractivity contribution in [3.63, 3.8) is 0 Å². The lowest BCUT2D eigenvalue weighted by Crippen LogP contribution is -2.12. The summed E-state index contributed by atoms with van der Waals surface area (Å²) in [5, 5.41) is 7.55. The first-order valence-corrected chi connectivity index (χ1v) is 6.98. The van der Waals surface area contributed by atoms with Crippen LogP contribution in [0.5, 0.6) is 5.75 Å². The Labute approximate surface area is 123 Å². The van der Waals surface area contributed by atoms with Crippen molar-refractivity contribution in [3.05, 3.63) is 53.7 Å². The van der Waals surface area contributed by atoms with Gasteiger partial charge in [0.15, 0.2) is 5.65 Å². The number of ether oxygens (including phenoxy) is 1. The van der Waals surface area contributed by atoms with Gasteiger partial charge in [0.05, 0.1) is 6.54 Å². The van der Waals surface area contributed by atoms with Gasteiger partial charge in [-0.1, -0.05) is 18.2 Å². The standard InChI is InChI=1S/C16H18N4O/c1-12-5-3-7-14(11-12)21-10-8-17-16-18-15-13(2)6-4-9-20(15)19-16/h3-7,9,11H,8,10H2,1-2H3,(H,17,19). The van der Waals surface area contributed by atoms with Crippen LogP contribution in [0.3, 0.4) is 0 Å². The molecule has 0 saturated carbocycles. The second-order valence-electron chi connectivity index (χ2n) is 4.99. The highest BCUT2D eigenvalue weighted by Crippen LogP contribution is 2.12. The molecule has 3 aromatic rings. The summed E-state index contributed by atoms with van der Waals surface area (Å²) in [6.45, 7) is 5.30. The van der Waals surface area contributed by atoms with E-state index < -0.39 is 0 Å². The van der Waals surface area contributed by atoms with Gasteiger partial charge in [-0.3, -0.25) is 0 Å². The third-order valence-electron chi connectivity index (χ3n) is 3.20. The first-order chi connectivity index (χ1) is 10.2. The van der Waals surface area contributed by atoms with E-state index in [9.17, 15) is 0 Å². The van der Waals surface area contributed by atoms with E-state index >= 15 is 0 Å². The molecule has 2 aromatic heterocycles. The van der Waals surface area contributed by atoms with E-state index in [1.54, 1.807) is 4.52 Å². The summed E-state index contributed by atoms with van der Waals surface area (Å²) >= 11 is 0. The van der Waals surface area contributed by atoms with E-state index in [0.29, 0.717) is 19.1 Å². The molecule has 1 aromatic carbocycles. The Morgan fingerprint density at radius 3 is 2.90 bits per heavy atom. The number of nitrogens with one attached hydrogen (secondary N) is 1.